The minimum Gasteiger partial charge on any atom is -0.462 e. The number of aryl methyl sites for hydroxylation is 1. The van der Waals surface area contributed by atoms with Gasteiger partial charge in [0.05, 0.1) is 6.61 Å². The van der Waals surface area contributed by atoms with Crippen LogP contribution in [0.2, 0.25) is 0 Å². The molecule has 90 valence electrons. The number of ketones is 1. The van der Waals surface area contributed by atoms with Crippen molar-refractivity contribution in [3.63, 3.8) is 0 Å². The van der Waals surface area contributed by atoms with Gasteiger partial charge in [0.15, 0.2) is 0 Å². The van der Waals surface area contributed by atoms with Gasteiger partial charge in [0.1, 0.15) is 17.2 Å². The molecule has 1 aromatic heterocycles. The van der Waals surface area contributed by atoms with Gasteiger partial charge in [-0.05, 0) is 25.0 Å². The number of carbonyl (C=O) groups excluding carboxylic acids is 2. The van der Waals surface area contributed by atoms with Gasteiger partial charge in [-0.3, -0.25) is 4.79 Å². The summed E-state index contributed by atoms with van der Waals surface area (Å²) in [5.74, 6) is -0.145. The van der Waals surface area contributed by atoms with E-state index in [4.69, 9.17) is 10.5 Å². The number of Topliss-reactive ketones (excluding diaryl/α,β-unsaturated/α-hetero) is 1. The molecule has 0 atom stereocenters. The molecule has 1 aliphatic carbocycles. The van der Waals surface area contributed by atoms with Crippen LogP contribution >= 0.6 is 0 Å². The second-order valence-electron chi connectivity index (χ2n) is 3.96. The number of hydrogen-bond donors (Lipinski definition) is 1. The SMILES string of the molecule is CCOC(=O)c1cc2c(nc1N)CCC(=O)C2. The number of nitrogens with two attached hydrogens (primary N) is 1. The van der Waals surface area contributed by atoms with E-state index in [0.717, 1.165) is 11.3 Å². The number of ether oxygens (including phenoxy) is 1. The van der Waals surface area contributed by atoms with E-state index < -0.39 is 5.97 Å². The highest BCUT2D eigenvalue weighted by molar-refractivity contribution is 5.95. The Labute approximate surface area is 99.0 Å². The summed E-state index contributed by atoms with van der Waals surface area (Å²) in [4.78, 5) is 27.1. The molecule has 2 N–H and O–H groups in total. The number of aromatic nitrogens is 1. The Balaban J connectivity index is 2.38. The smallest absolute Gasteiger partial charge is 0.341 e. The van der Waals surface area contributed by atoms with Gasteiger partial charge in [-0.2, -0.15) is 0 Å². The van der Waals surface area contributed by atoms with Crippen LogP contribution in [-0.4, -0.2) is 23.3 Å². The van der Waals surface area contributed by atoms with E-state index in [2.05, 4.69) is 4.98 Å². The van der Waals surface area contributed by atoms with Crippen molar-refractivity contribution in [2.24, 2.45) is 0 Å². The summed E-state index contributed by atoms with van der Waals surface area (Å²) in [5.41, 5.74) is 7.57. The van der Waals surface area contributed by atoms with Gasteiger partial charge in [-0.1, -0.05) is 0 Å². The van der Waals surface area contributed by atoms with Crippen LogP contribution in [0.1, 0.15) is 35.0 Å². The maximum atomic E-state index is 11.6. The lowest BCUT2D eigenvalue weighted by atomic mass is 9.94. The Morgan fingerprint density at radius 2 is 2.29 bits per heavy atom. The average molecular weight is 234 g/mol. The maximum absolute atomic E-state index is 11.6. The molecule has 1 heterocycles. The topological polar surface area (TPSA) is 82.3 Å². The predicted molar refractivity (Wildman–Crippen MR) is 61.6 cm³/mol. The molecule has 0 fully saturated rings. The molecule has 5 nitrogen and oxygen atoms in total. The second-order valence-corrected chi connectivity index (χ2v) is 3.96. The Morgan fingerprint density at radius 3 is 3.00 bits per heavy atom. The molecule has 0 saturated heterocycles. The van der Waals surface area contributed by atoms with Crippen molar-refractivity contribution in [3.8, 4) is 0 Å². The van der Waals surface area contributed by atoms with E-state index in [-0.39, 0.29) is 23.8 Å². The fourth-order valence-electron chi connectivity index (χ4n) is 1.91. The molecule has 0 spiro atoms. The molecule has 0 aliphatic heterocycles. The molecule has 1 aromatic rings. The quantitative estimate of drug-likeness (QED) is 0.769. The average Bonchev–Trinajstić information content (AvgIpc) is 2.29. The summed E-state index contributed by atoms with van der Waals surface area (Å²) in [6.45, 7) is 2.01. The number of esters is 1. The highest BCUT2D eigenvalue weighted by Gasteiger charge is 2.21. The van der Waals surface area contributed by atoms with E-state index >= 15 is 0 Å². The lowest BCUT2D eigenvalue weighted by molar-refractivity contribution is -0.118. The van der Waals surface area contributed by atoms with Gasteiger partial charge in [-0.25, -0.2) is 9.78 Å². The van der Waals surface area contributed by atoms with Gasteiger partial charge >= 0.3 is 5.97 Å². The minimum atomic E-state index is -0.488. The normalized spacial score (nSPS) is 14.3. The van der Waals surface area contributed by atoms with Crippen molar-refractivity contribution in [2.75, 3.05) is 12.3 Å². The molecular weight excluding hydrogens is 220 g/mol. The summed E-state index contributed by atoms with van der Waals surface area (Å²) in [6, 6.07) is 1.63. The molecule has 1 aliphatic rings. The standard InChI is InChI=1S/C12H14N2O3/c1-2-17-12(16)9-6-7-5-8(15)3-4-10(7)14-11(9)13/h6H,2-5H2,1H3,(H2,13,14). The van der Waals surface area contributed by atoms with E-state index in [1.165, 1.54) is 0 Å². The van der Waals surface area contributed by atoms with Crippen molar-refractivity contribution < 1.29 is 14.3 Å². The number of rotatable bonds is 2. The van der Waals surface area contributed by atoms with Crippen molar-refractivity contribution in [1.29, 1.82) is 0 Å². The van der Waals surface area contributed by atoms with E-state index in [9.17, 15) is 9.59 Å². The highest BCUT2D eigenvalue weighted by atomic mass is 16.5. The summed E-state index contributed by atoms with van der Waals surface area (Å²) in [5, 5.41) is 0. The van der Waals surface area contributed by atoms with Gasteiger partial charge in [0.25, 0.3) is 0 Å². The number of nitrogens with zero attached hydrogens (tertiary/aromatic N) is 1. The summed E-state index contributed by atoms with van der Waals surface area (Å²) in [7, 11) is 0. The third-order valence-corrected chi connectivity index (χ3v) is 2.74. The van der Waals surface area contributed by atoms with Crippen LogP contribution in [0.15, 0.2) is 6.07 Å². The zero-order valence-corrected chi connectivity index (χ0v) is 9.66. The largest absolute Gasteiger partial charge is 0.462 e. The molecular formula is C12H14N2O3. The number of pyridine rings is 1. The number of hydrogen-bond acceptors (Lipinski definition) is 5. The van der Waals surface area contributed by atoms with Gasteiger partial charge in [0.2, 0.25) is 0 Å². The monoisotopic (exact) mass is 234 g/mol. The summed E-state index contributed by atoms with van der Waals surface area (Å²) in [6.07, 6.45) is 1.43. The Hall–Kier alpha value is -1.91. The van der Waals surface area contributed by atoms with Crippen LogP contribution in [0.25, 0.3) is 0 Å². The molecule has 0 bridgehead atoms. The molecule has 0 amide bonds. The number of carbonyl (C=O) groups is 2. The molecule has 0 aromatic carbocycles. The molecule has 5 heteroatoms. The molecule has 0 radical (unpaired) electrons. The third kappa shape index (κ3) is 2.27. The van der Waals surface area contributed by atoms with E-state index in [1.54, 1.807) is 13.0 Å². The first-order valence-electron chi connectivity index (χ1n) is 5.59. The van der Waals surface area contributed by atoms with Crippen LogP contribution < -0.4 is 5.73 Å². The highest BCUT2D eigenvalue weighted by Crippen LogP contribution is 2.22. The third-order valence-electron chi connectivity index (χ3n) is 2.74. The number of fused-ring (bicyclic) bond motifs is 1. The van der Waals surface area contributed by atoms with Gasteiger partial charge < -0.3 is 10.5 Å². The van der Waals surface area contributed by atoms with Crippen molar-refractivity contribution in [3.05, 3.63) is 22.9 Å². The van der Waals surface area contributed by atoms with Gasteiger partial charge in [-0.15, -0.1) is 0 Å². The predicted octanol–water partition coefficient (Wildman–Crippen LogP) is 0.898. The lowest BCUT2D eigenvalue weighted by Crippen LogP contribution is -2.18. The van der Waals surface area contributed by atoms with Crippen LogP contribution in [-0.2, 0) is 22.4 Å². The van der Waals surface area contributed by atoms with Crippen LogP contribution in [0, 0.1) is 0 Å². The van der Waals surface area contributed by atoms with Crippen LogP contribution in [0.5, 0.6) is 0 Å². The Morgan fingerprint density at radius 1 is 1.53 bits per heavy atom. The van der Waals surface area contributed by atoms with Crippen LogP contribution in [0.4, 0.5) is 5.82 Å². The van der Waals surface area contributed by atoms with E-state index in [1.807, 2.05) is 0 Å². The first-order valence-corrected chi connectivity index (χ1v) is 5.59. The summed E-state index contributed by atoms with van der Waals surface area (Å²) >= 11 is 0. The Kier molecular flexibility index (Phi) is 3.08. The lowest BCUT2D eigenvalue weighted by Gasteiger charge is -2.16. The van der Waals surface area contributed by atoms with Crippen molar-refractivity contribution >= 4 is 17.6 Å². The van der Waals surface area contributed by atoms with Crippen molar-refractivity contribution in [1.82, 2.24) is 4.98 Å². The zero-order valence-electron chi connectivity index (χ0n) is 9.66. The summed E-state index contributed by atoms with van der Waals surface area (Å²) < 4.78 is 4.88. The molecule has 0 unspecified atom stereocenters. The number of anilines is 1. The van der Waals surface area contributed by atoms with Gasteiger partial charge in [0, 0.05) is 18.5 Å². The second kappa shape index (κ2) is 4.53. The fraction of sp³-hybridized carbons (Fsp3) is 0.417. The number of nitrogen functional groups attached to an aromatic ring is 1. The molecule has 0 saturated carbocycles. The van der Waals surface area contributed by atoms with Crippen LogP contribution in [0.3, 0.4) is 0 Å². The Bertz CT molecular complexity index is 483. The first-order chi connectivity index (χ1) is 8.11. The molecule has 2 rings (SSSR count). The first kappa shape index (κ1) is 11.6. The minimum absolute atomic E-state index is 0.166. The van der Waals surface area contributed by atoms with Crippen molar-refractivity contribution in [2.45, 2.75) is 26.2 Å². The van der Waals surface area contributed by atoms with E-state index in [0.29, 0.717) is 19.3 Å². The zero-order chi connectivity index (χ0) is 12.4. The fourth-order valence-corrected chi connectivity index (χ4v) is 1.91. The maximum Gasteiger partial charge on any atom is 0.341 e. The molecule has 17 heavy (non-hydrogen) atoms.